The first-order valence-corrected chi connectivity index (χ1v) is 8.59. The Hall–Kier alpha value is -1.51. The third-order valence-corrected chi connectivity index (χ3v) is 6.01. The second-order valence-corrected chi connectivity index (χ2v) is 7.25. The van der Waals surface area contributed by atoms with Crippen LogP contribution in [0.2, 0.25) is 0 Å². The molecule has 3 rings (SSSR count). The lowest BCUT2D eigenvalue weighted by molar-refractivity contribution is -0.142. The lowest BCUT2D eigenvalue weighted by Gasteiger charge is -2.35. The summed E-state index contributed by atoms with van der Waals surface area (Å²) in [6.07, 6.45) is 0.638. The van der Waals surface area contributed by atoms with Gasteiger partial charge in [-0.2, -0.15) is 4.31 Å². The minimum atomic E-state index is -3.84. The molecule has 0 amide bonds. The molecule has 0 aliphatic carbocycles. The topological polar surface area (TPSA) is 66.9 Å². The number of esters is 1. The van der Waals surface area contributed by atoms with Crippen molar-refractivity contribution in [2.24, 2.45) is 0 Å². The lowest BCUT2D eigenvalue weighted by Crippen LogP contribution is -2.53. The van der Waals surface area contributed by atoms with Gasteiger partial charge >= 0.3 is 5.97 Å². The SMILES string of the molecule is O=C1OCCC1N1CCN(S(=O)(=O)c2ccccc2F)CC1. The van der Waals surface area contributed by atoms with E-state index in [1.165, 1.54) is 22.5 Å². The third-order valence-electron chi connectivity index (χ3n) is 4.08. The highest BCUT2D eigenvalue weighted by atomic mass is 32.2. The van der Waals surface area contributed by atoms with Crippen LogP contribution in [0.25, 0.3) is 0 Å². The normalized spacial score (nSPS) is 24.4. The number of nitrogens with zero attached hydrogens (tertiary/aromatic N) is 2. The van der Waals surface area contributed by atoms with E-state index in [0.717, 1.165) is 6.07 Å². The molecule has 2 aliphatic rings. The van der Waals surface area contributed by atoms with E-state index in [-0.39, 0.29) is 30.0 Å². The molecule has 1 atom stereocenters. The molecule has 2 saturated heterocycles. The molecule has 1 unspecified atom stereocenters. The average molecular weight is 328 g/mol. The van der Waals surface area contributed by atoms with Crippen molar-refractivity contribution in [1.82, 2.24) is 9.21 Å². The minimum Gasteiger partial charge on any atom is -0.464 e. The number of benzene rings is 1. The van der Waals surface area contributed by atoms with Gasteiger partial charge in [0.25, 0.3) is 0 Å². The Morgan fingerprint density at radius 3 is 2.41 bits per heavy atom. The highest BCUT2D eigenvalue weighted by molar-refractivity contribution is 7.89. The molecule has 120 valence electrons. The van der Waals surface area contributed by atoms with E-state index in [4.69, 9.17) is 4.74 Å². The molecule has 0 spiro atoms. The zero-order valence-corrected chi connectivity index (χ0v) is 12.8. The van der Waals surface area contributed by atoms with Crippen molar-refractivity contribution in [2.75, 3.05) is 32.8 Å². The fraction of sp³-hybridized carbons (Fsp3) is 0.500. The quantitative estimate of drug-likeness (QED) is 0.754. The van der Waals surface area contributed by atoms with Gasteiger partial charge < -0.3 is 4.74 Å². The van der Waals surface area contributed by atoms with Crippen molar-refractivity contribution >= 4 is 16.0 Å². The molecule has 0 radical (unpaired) electrons. The largest absolute Gasteiger partial charge is 0.464 e. The summed E-state index contributed by atoms with van der Waals surface area (Å²) in [7, 11) is -3.84. The molecule has 22 heavy (non-hydrogen) atoms. The number of rotatable bonds is 3. The van der Waals surface area contributed by atoms with Gasteiger partial charge in [-0.15, -0.1) is 0 Å². The van der Waals surface area contributed by atoms with Crippen molar-refractivity contribution in [1.29, 1.82) is 0 Å². The van der Waals surface area contributed by atoms with Crippen LogP contribution < -0.4 is 0 Å². The summed E-state index contributed by atoms with van der Waals surface area (Å²) in [6.45, 7) is 1.76. The summed E-state index contributed by atoms with van der Waals surface area (Å²) in [4.78, 5) is 13.2. The monoisotopic (exact) mass is 328 g/mol. The summed E-state index contributed by atoms with van der Waals surface area (Å²) >= 11 is 0. The van der Waals surface area contributed by atoms with Gasteiger partial charge in [-0.25, -0.2) is 12.8 Å². The number of carbonyl (C=O) groups excluding carboxylic acids is 1. The van der Waals surface area contributed by atoms with E-state index in [1.54, 1.807) is 0 Å². The van der Waals surface area contributed by atoms with Gasteiger partial charge in [-0.1, -0.05) is 12.1 Å². The van der Waals surface area contributed by atoms with E-state index in [9.17, 15) is 17.6 Å². The summed E-state index contributed by atoms with van der Waals surface area (Å²) < 4.78 is 44.9. The Labute approximate surface area is 128 Å². The van der Waals surface area contributed by atoms with Crippen LogP contribution in [-0.4, -0.2) is 62.4 Å². The predicted octanol–water partition coefficient (Wildman–Crippen LogP) is 0.448. The maximum Gasteiger partial charge on any atom is 0.323 e. The second kappa shape index (κ2) is 5.94. The molecule has 0 aromatic heterocycles. The molecule has 8 heteroatoms. The Bertz CT molecular complexity index is 671. The number of halogens is 1. The van der Waals surface area contributed by atoms with Gasteiger partial charge in [0, 0.05) is 32.6 Å². The Kier molecular flexibility index (Phi) is 4.16. The number of ether oxygens (including phenoxy) is 1. The average Bonchev–Trinajstić information content (AvgIpc) is 2.94. The first-order chi connectivity index (χ1) is 10.5. The van der Waals surface area contributed by atoms with Crippen LogP contribution in [0, 0.1) is 5.82 Å². The molecule has 0 N–H and O–H groups in total. The first-order valence-electron chi connectivity index (χ1n) is 7.15. The molecular formula is C14H17FN2O4S. The van der Waals surface area contributed by atoms with Crippen molar-refractivity contribution in [3.63, 3.8) is 0 Å². The van der Waals surface area contributed by atoms with E-state index in [1.807, 2.05) is 4.90 Å². The van der Waals surface area contributed by atoms with Crippen LogP contribution in [0.4, 0.5) is 4.39 Å². The van der Waals surface area contributed by atoms with Crippen molar-refractivity contribution in [3.8, 4) is 0 Å². The lowest BCUT2D eigenvalue weighted by atomic mass is 10.2. The maximum atomic E-state index is 13.7. The van der Waals surface area contributed by atoms with Crippen LogP contribution in [0.15, 0.2) is 29.2 Å². The standard InChI is InChI=1S/C14H17FN2O4S/c15-11-3-1-2-4-13(11)22(19,20)17-8-6-16(7-9-17)12-5-10-21-14(12)18/h1-4,12H,5-10H2. The number of carbonyl (C=O) groups is 1. The van der Waals surface area contributed by atoms with Crippen molar-refractivity contribution < 1.29 is 22.3 Å². The molecule has 6 nitrogen and oxygen atoms in total. The van der Waals surface area contributed by atoms with Gasteiger partial charge in [0.2, 0.25) is 10.0 Å². The second-order valence-electron chi connectivity index (χ2n) is 5.34. The van der Waals surface area contributed by atoms with Gasteiger partial charge in [0.15, 0.2) is 0 Å². The summed E-state index contributed by atoms with van der Waals surface area (Å²) in [5.41, 5.74) is 0. The molecule has 0 bridgehead atoms. The fourth-order valence-electron chi connectivity index (χ4n) is 2.87. The van der Waals surface area contributed by atoms with E-state index >= 15 is 0 Å². The van der Waals surface area contributed by atoms with Crippen LogP contribution in [0.5, 0.6) is 0 Å². The number of piperazine rings is 1. The van der Waals surface area contributed by atoms with Crippen molar-refractivity contribution in [3.05, 3.63) is 30.1 Å². The number of hydrogen-bond acceptors (Lipinski definition) is 5. The molecule has 0 saturated carbocycles. The molecule has 1 aromatic carbocycles. The van der Waals surface area contributed by atoms with E-state index in [0.29, 0.717) is 26.1 Å². The van der Waals surface area contributed by atoms with Gasteiger partial charge in [-0.3, -0.25) is 9.69 Å². The zero-order valence-electron chi connectivity index (χ0n) is 11.9. The fourth-order valence-corrected chi connectivity index (χ4v) is 4.35. The molecule has 2 aliphatic heterocycles. The highest BCUT2D eigenvalue weighted by Gasteiger charge is 2.37. The van der Waals surface area contributed by atoms with Gasteiger partial charge in [-0.05, 0) is 12.1 Å². The first kappa shape index (κ1) is 15.4. The van der Waals surface area contributed by atoms with Crippen molar-refractivity contribution in [2.45, 2.75) is 17.4 Å². The summed E-state index contributed by atoms with van der Waals surface area (Å²) in [5, 5.41) is 0. The van der Waals surface area contributed by atoms with Crippen LogP contribution in [-0.2, 0) is 19.6 Å². The summed E-state index contributed by atoms with van der Waals surface area (Å²) in [5.74, 6) is -0.991. The number of hydrogen-bond donors (Lipinski definition) is 0. The third kappa shape index (κ3) is 2.73. The Morgan fingerprint density at radius 2 is 1.82 bits per heavy atom. The highest BCUT2D eigenvalue weighted by Crippen LogP contribution is 2.22. The zero-order chi connectivity index (χ0) is 15.7. The van der Waals surface area contributed by atoms with Crippen LogP contribution in [0.3, 0.4) is 0 Å². The molecule has 1 aromatic rings. The smallest absolute Gasteiger partial charge is 0.323 e. The number of cyclic esters (lactones) is 1. The van der Waals surface area contributed by atoms with E-state index < -0.39 is 15.8 Å². The van der Waals surface area contributed by atoms with Gasteiger partial charge in [0.05, 0.1) is 6.61 Å². The maximum absolute atomic E-state index is 13.7. The van der Waals surface area contributed by atoms with E-state index in [2.05, 4.69) is 0 Å². The Balaban J connectivity index is 1.71. The predicted molar refractivity (Wildman–Crippen MR) is 76.1 cm³/mol. The molecule has 2 heterocycles. The van der Waals surface area contributed by atoms with Crippen LogP contribution >= 0.6 is 0 Å². The summed E-state index contributed by atoms with van der Waals surface area (Å²) in [6, 6.07) is 5.08. The minimum absolute atomic E-state index is 0.237. The molecule has 2 fully saturated rings. The number of sulfonamides is 1. The Morgan fingerprint density at radius 1 is 1.14 bits per heavy atom. The van der Waals surface area contributed by atoms with Gasteiger partial charge in [0.1, 0.15) is 16.8 Å². The molecular weight excluding hydrogens is 311 g/mol. The van der Waals surface area contributed by atoms with Crippen LogP contribution in [0.1, 0.15) is 6.42 Å².